The molecule has 170 valence electrons. The third-order valence-electron chi connectivity index (χ3n) is 4.68. The van der Waals surface area contributed by atoms with Crippen molar-refractivity contribution in [2.24, 2.45) is 0 Å². The van der Waals surface area contributed by atoms with Crippen molar-refractivity contribution in [2.45, 2.75) is 6.92 Å². The van der Waals surface area contributed by atoms with Gasteiger partial charge in [-0.1, -0.05) is 30.3 Å². The van der Waals surface area contributed by atoms with Crippen LogP contribution in [0.5, 0.6) is 17.2 Å². The molecule has 7 heteroatoms. The topological polar surface area (TPSA) is 85.9 Å². The monoisotopic (exact) mass is 446 g/mol. The zero-order valence-electron chi connectivity index (χ0n) is 18.8. The molecule has 0 fully saturated rings. The molecule has 7 nitrogen and oxygen atoms in total. The second-order valence-electron chi connectivity index (χ2n) is 6.90. The maximum atomic E-state index is 12.5. The lowest BCUT2D eigenvalue weighted by Gasteiger charge is -2.16. The number of anilines is 2. The molecule has 0 bridgehead atoms. The highest BCUT2D eigenvalue weighted by atomic mass is 16.5. The molecule has 2 amide bonds. The number of carbonyl (C=O) groups excluding carboxylic acids is 2. The van der Waals surface area contributed by atoms with Gasteiger partial charge in [0.05, 0.1) is 32.2 Å². The van der Waals surface area contributed by atoms with Crippen LogP contribution >= 0.6 is 0 Å². The Morgan fingerprint density at radius 1 is 0.848 bits per heavy atom. The van der Waals surface area contributed by atoms with Crippen molar-refractivity contribution >= 4 is 29.3 Å². The van der Waals surface area contributed by atoms with Gasteiger partial charge < -0.3 is 24.8 Å². The van der Waals surface area contributed by atoms with Crippen molar-refractivity contribution < 1.29 is 23.8 Å². The summed E-state index contributed by atoms with van der Waals surface area (Å²) in [6, 6.07) is 19.4. The van der Waals surface area contributed by atoms with E-state index < -0.39 is 0 Å². The first-order valence-corrected chi connectivity index (χ1v) is 10.4. The van der Waals surface area contributed by atoms with E-state index in [1.165, 1.54) is 20.3 Å². The summed E-state index contributed by atoms with van der Waals surface area (Å²) in [7, 11) is 2.97. The first-order chi connectivity index (χ1) is 16.0. The van der Waals surface area contributed by atoms with Gasteiger partial charge in [0, 0.05) is 23.8 Å². The number of hydrogen-bond acceptors (Lipinski definition) is 5. The number of benzene rings is 3. The second kappa shape index (κ2) is 11.4. The van der Waals surface area contributed by atoms with Crippen LogP contribution in [-0.2, 0) is 4.79 Å². The summed E-state index contributed by atoms with van der Waals surface area (Å²) in [4.78, 5) is 25.0. The van der Waals surface area contributed by atoms with Crippen LogP contribution in [0.4, 0.5) is 11.4 Å². The van der Waals surface area contributed by atoms with Crippen molar-refractivity contribution in [3.8, 4) is 17.2 Å². The summed E-state index contributed by atoms with van der Waals surface area (Å²) in [6.07, 6.45) is 3.12. The fraction of sp³-hybridized carbons (Fsp3) is 0.154. The van der Waals surface area contributed by atoms with Gasteiger partial charge in [0.2, 0.25) is 5.91 Å². The third-order valence-corrected chi connectivity index (χ3v) is 4.68. The van der Waals surface area contributed by atoms with Crippen molar-refractivity contribution in [3.05, 3.63) is 83.9 Å². The van der Waals surface area contributed by atoms with E-state index in [-0.39, 0.29) is 11.8 Å². The average molecular weight is 447 g/mol. The zero-order chi connectivity index (χ0) is 23.6. The molecule has 3 aromatic rings. The molecule has 0 aliphatic carbocycles. The summed E-state index contributed by atoms with van der Waals surface area (Å²) in [5.41, 5.74) is 2.20. The SMILES string of the molecule is CCOc1ccc(C=CC(=O)Nc2cc(OC)c(NC(=O)c3ccccc3)cc2OC)cc1. The van der Waals surface area contributed by atoms with Gasteiger partial charge in [-0.05, 0) is 42.8 Å². The lowest BCUT2D eigenvalue weighted by atomic mass is 10.2. The van der Waals surface area contributed by atoms with E-state index in [1.807, 2.05) is 37.3 Å². The highest BCUT2D eigenvalue weighted by molar-refractivity contribution is 6.06. The fourth-order valence-corrected chi connectivity index (χ4v) is 3.07. The van der Waals surface area contributed by atoms with E-state index in [0.29, 0.717) is 35.0 Å². The lowest BCUT2D eigenvalue weighted by Crippen LogP contribution is -2.14. The smallest absolute Gasteiger partial charge is 0.255 e. The number of carbonyl (C=O) groups is 2. The summed E-state index contributed by atoms with van der Waals surface area (Å²) in [6.45, 7) is 2.52. The first-order valence-electron chi connectivity index (χ1n) is 10.4. The van der Waals surface area contributed by atoms with Crippen molar-refractivity contribution in [1.29, 1.82) is 0 Å². The summed E-state index contributed by atoms with van der Waals surface area (Å²) in [5, 5.41) is 5.59. The highest BCUT2D eigenvalue weighted by Gasteiger charge is 2.15. The van der Waals surface area contributed by atoms with Crippen molar-refractivity contribution in [1.82, 2.24) is 0 Å². The summed E-state index contributed by atoms with van der Waals surface area (Å²) < 4.78 is 16.2. The molecule has 2 N–H and O–H groups in total. The van der Waals surface area contributed by atoms with Crippen LogP contribution in [0.25, 0.3) is 6.08 Å². The molecule has 0 saturated carbocycles. The summed E-state index contributed by atoms with van der Waals surface area (Å²) >= 11 is 0. The third kappa shape index (κ3) is 6.36. The Morgan fingerprint density at radius 3 is 2.03 bits per heavy atom. The van der Waals surface area contributed by atoms with Crippen LogP contribution in [0.1, 0.15) is 22.8 Å². The number of nitrogens with one attached hydrogen (secondary N) is 2. The van der Waals surface area contributed by atoms with Crippen LogP contribution in [0.15, 0.2) is 72.8 Å². The van der Waals surface area contributed by atoms with Gasteiger partial charge in [0.25, 0.3) is 5.91 Å². The minimum absolute atomic E-state index is 0.286. The van der Waals surface area contributed by atoms with E-state index in [2.05, 4.69) is 10.6 Å². The Kier molecular flexibility index (Phi) is 8.07. The predicted molar refractivity (Wildman–Crippen MR) is 129 cm³/mol. The van der Waals surface area contributed by atoms with Crippen LogP contribution in [0.3, 0.4) is 0 Å². The number of amides is 2. The number of rotatable bonds is 9. The fourth-order valence-electron chi connectivity index (χ4n) is 3.07. The zero-order valence-corrected chi connectivity index (χ0v) is 18.8. The van der Waals surface area contributed by atoms with Crippen LogP contribution in [0, 0.1) is 0 Å². The average Bonchev–Trinajstić information content (AvgIpc) is 2.84. The number of ether oxygens (including phenoxy) is 3. The quantitative estimate of drug-likeness (QED) is 0.452. The molecular weight excluding hydrogens is 420 g/mol. The van der Waals surface area contributed by atoms with E-state index in [0.717, 1.165) is 11.3 Å². The Hall–Kier alpha value is -4.26. The minimum Gasteiger partial charge on any atom is -0.494 e. The number of methoxy groups -OCH3 is 2. The highest BCUT2D eigenvalue weighted by Crippen LogP contribution is 2.36. The maximum Gasteiger partial charge on any atom is 0.255 e. The molecule has 0 heterocycles. The first kappa shape index (κ1) is 23.4. The second-order valence-corrected chi connectivity index (χ2v) is 6.90. The van der Waals surface area contributed by atoms with Gasteiger partial charge in [-0.15, -0.1) is 0 Å². The molecule has 0 spiro atoms. The number of hydrogen-bond donors (Lipinski definition) is 2. The molecule has 3 aromatic carbocycles. The van der Waals surface area contributed by atoms with Gasteiger partial charge in [-0.2, -0.15) is 0 Å². The van der Waals surface area contributed by atoms with Crippen molar-refractivity contribution in [2.75, 3.05) is 31.5 Å². The maximum absolute atomic E-state index is 12.5. The van der Waals surface area contributed by atoms with Gasteiger partial charge >= 0.3 is 0 Å². The van der Waals surface area contributed by atoms with E-state index in [9.17, 15) is 9.59 Å². The molecule has 0 aliphatic rings. The van der Waals surface area contributed by atoms with E-state index in [1.54, 1.807) is 42.5 Å². The normalized spacial score (nSPS) is 10.5. The molecule has 0 unspecified atom stereocenters. The van der Waals surface area contributed by atoms with Gasteiger partial charge in [0.1, 0.15) is 17.2 Å². The van der Waals surface area contributed by atoms with Crippen LogP contribution in [0.2, 0.25) is 0 Å². The Morgan fingerprint density at radius 2 is 1.45 bits per heavy atom. The Balaban J connectivity index is 1.74. The lowest BCUT2D eigenvalue weighted by molar-refractivity contribution is -0.111. The van der Waals surface area contributed by atoms with E-state index >= 15 is 0 Å². The van der Waals surface area contributed by atoms with Crippen molar-refractivity contribution in [3.63, 3.8) is 0 Å². The predicted octanol–water partition coefficient (Wildman–Crippen LogP) is 5.01. The van der Waals surface area contributed by atoms with Gasteiger partial charge in [-0.3, -0.25) is 9.59 Å². The minimum atomic E-state index is -0.342. The Labute approximate surface area is 193 Å². The molecule has 33 heavy (non-hydrogen) atoms. The van der Waals surface area contributed by atoms with Gasteiger partial charge in [-0.25, -0.2) is 0 Å². The van der Waals surface area contributed by atoms with Crippen LogP contribution < -0.4 is 24.8 Å². The molecular formula is C26H26N2O5. The van der Waals surface area contributed by atoms with Gasteiger partial charge in [0.15, 0.2) is 0 Å². The molecule has 3 rings (SSSR count). The standard InChI is InChI=1S/C26H26N2O5/c1-4-33-20-13-10-18(11-14-20)12-15-25(29)27-21-16-24(32-3)22(17-23(21)31-2)28-26(30)19-8-6-5-7-9-19/h5-17H,4H2,1-3H3,(H,27,29)(H,28,30). The molecule has 0 atom stereocenters. The van der Waals surface area contributed by atoms with Crippen LogP contribution in [-0.4, -0.2) is 32.6 Å². The molecule has 0 radical (unpaired) electrons. The molecule has 0 saturated heterocycles. The summed E-state index contributed by atoms with van der Waals surface area (Å²) in [5.74, 6) is 0.902. The largest absolute Gasteiger partial charge is 0.494 e. The van der Waals surface area contributed by atoms with E-state index in [4.69, 9.17) is 14.2 Å². The molecule has 0 aromatic heterocycles. The Bertz CT molecular complexity index is 1130. The molecule has 0 aliphatic heterocycles.